The van der Waals surface area contributed by atoms with Crippen molar-refractivity contribution in [2.24, 2.45) is 5.41 Å². The van der Waals surface area contributed by atoms with E-state index in [0.29, 0.717) is 22.5 Å². The third kappa shape index (κ3) is 7.91. The normalized spacial score (nSPS) is 19.0. The van der Waals surface area contributed by atoms with Gasteiger partial charge in [-0.05, 0) is 74.9 Å². The van der Waals surface area contributed by atoms with E-state index in [1.54, 1.807) is 51.2 Å². The molecule has 3 heterocycles. The van der Waals surface area contributed by atoms with Crippen molar-refractivity contribution in [1.29, 1.82) is 0 Å². The Morgan fingerprint density at radius 1 is 1.09 bits per heavy atom. The van der Waals surface area contributed by atoms with Crippen LogP contribution >= 0.6 is 0 Å². The molecule has 2 fully saturated rings. The van der Waals surface area contributed by atoms with E-state index in [0.717, 1.165) is 56.8 Å². The maximum absolute atomic E-state index is 13.6. The fraction of sp³-hybridized carbons (Fsp3) is 0.455. The molecule has 1 aromatic heterocycles. The average Bonchev–Trinajstić information content (AvgIpc) is 3.64. The highest BCUT2D eigenvalue weighted by atomic mass is 19.4. The number of carbonyl (C=O) groups excluding carboxylic acids is 2. The SMILES string of the molecule is C[C@@H](NC(=O)c1cncc(N2CCC3(CCOC3)C2)n1)c1ccc(-c2cc(C(F)(F)F)ccc2CNC(=O)OC(C)(C)C)cc1. The Bertz CT molecular complexity index is 1530. The number of nitrogens with one attached hydrogen (secondary N) is 2. The molecule has 2 atom stereocenters. The number of alkyl carbamates (subject to hydrolysis) is 1. The molecule has 2 aliphatic rings. The first kappa shape index (κ1) is 32.2. The second-order valence-electron chi connectivity index (χ2n) is 12.8. The van der Waals surface area contributed by atoms with Crippen LogP contribution in [-0.4, -0.2) is 53.9 Å². The summed E-state index contributed by atoms with van der Waals surface area (Å²) >= 11 is 0. The van der Waals surface area contributed by atoms with Crippen molar-refractivity contribution in [3.63, 3.8) is 0 Å². The highest BCUT2D eigenvalue weighted by Crippen LogP contribution is 2.39. The lowest BCUT2D eigenvalue weighted by Gasteiger charge is -2.22. The fourth-order valence-electron chi connectivity index (χ4n) is 5.68. The molecular weight excluding hydrogens is 587 g/mol. The van der Waals surface area contributed by atoms with Crippen molar-refractivity contribution in [3.05, 3.63) is 77.2 Å². The first-order valence-corrected chi connectivity index (χ1v) is 14.9. The van der Waals surface area contributed by atoms with Gasteiger partial charge in [0, 0.05) is 31.7 Å². The molecule has 45 heavy (non-hydrogen) atoms. The van der Waals surface area contributed by atoms with E-state index in [1.165, 1.54) is 12.3 Å². The van der Waals surface area contributed by atoms with Crippen LogP contribution in [-0.2, 0) is 22.2 Å². The highest BCUT2D eigenvalue weighted by molar-refractivity contribution is 5.92. The Balaban J connectivity index is 1.28. The Hall–Kier alpha value is -4.19. The number of halogens is 3. The number of ether oxygens (including phenoxy) is 2. The van der Waals surface area contributed by atoms with Crippen LogP contribution in [0.4, 0.5) is 23.8 Å². The number of alkyl halides is 3. The van der Waals surface area contributed by atoms with Gasteiger partial charge in [-0.2, -0.15) is 13.2 Å². The minimum absolute atomic E-state index is 0.0249. The number of hydrogen-bond acceptors (Lipinski definition) is 7. The molecule has 2 saturated heterocycles. The van der Waals surface area contributed by atoms with Crippen LogP contribution < -0.4 is 15.5 Å². The molecule has 1 spiro atoms. The molecule has 2 aliphatic heterocycles. The van der Waals surface area contributed by atoms with Crippen molar-refractivity contribution in [2.75, 3.05) is 31.2 Å². The number of anilines is 1. The standard InChI is InChI=1S/C33H38F3N5O4/c1-21(39-29(42)27-17-37-18-28(40-27)41-13-11-32(19-41)12-14-44-20-32)22-5-7-23(8-6-22)26-15-25(33(34,35)36)10-9-24(26)16-38-30(43)45-31(2,3)4/h5-10,15,17-18,21H,11-14,16,19-20H2,1-4H3,(H,38,43)(H,39,42)/t21-,32?/m1/s1. The number of benzene rings is 2. The first-order chi connectivity index (χ1) is 21.2. The molecule has 0 radical (unpaired) electrons. The molecule has 240 valence electrons. The van der Waals surface area contributed by atoms with E-state index >= 15 is 0 Å². The highest BCUT2D eigenvalue weighted by Gasteiger charge is 2.42. The number of rotatable bonds is 7. The van der Waals surface area contributed by atoms with Gasteiger partial charge in [0.25, 0.3) is 5.91 Å². The monoisotopic (exact) mass is 625 g/mol. The second-order valence-corrected chi connectivity index (χ2v) is 12.8. The second kappa shape index (κ2) is 12.7. The van der Waals surface area contributed by atoms with Crippen molar-refractivity contribution in [2.45, 2.75) is 64.9 Å². The zero-order chi connectivity index (χ0) is 32.4. The van der Waals surface area contributed by atoms with Gasteiger partial charge in [-0.3, -0.25) is 9.78 Å². The molecule has 2 aromatic carbocycles. The molecule has 5 rings (SSSR count). The van der Waals surface area contributed by atoms with Crippen LogP contribution in [0.3, 0.4) is 0 Å². The lowest BCUT2D eigenvalue weighted by atomic mass is 9.87. The average molecular weight is 626 g/mol. The van der Waals surface area contributed by atoms with E-state index < -0.39 is 29.5 Å². The summed E-state index contributed by atoms with van der Waals surface area (Å²) < 4.78 is 51.6. The molecule has 0 aliphatic carbocycles. The van der Waals surface area contributed by atoms with Crippen LogP contribution in [0, 0.1) is 5.41 Å². The summed E-state index contributed by atoms with van der Waals surface area (Å²) in [5.74, 6) is 0.272. The minimum Gasteiger partial charge on any atom is -0.444 e. The third-order valence-electron chi connectivity index (χ3n) is 8.13. The van der Waals surface area contributed by atoms with E-state index in [9.17, 15) is 22.8 Å². The maximum atomic E-state index is 13.6. The molecule has 2 amide bonds. The summed E-state index contributed by atoms with van der Waals surface area (Å²) in [5, 5.41) is 5.56. The number of aromatic nitrogens is 2. The Labute approximate surface area is 260 Å². The summed E-state index contributed by atoms with van der Waals surface area (Å²) in [6.45, 7) is 10.1. The molecule has 0 saturated carbocycles. The Kier molecular flexibility index (Phi) is 9.06. The predicted octanol–water partition coefficient (Wildman–Crippen LogP) is 6.29. The van der Waals surface area contributed by atoms with Crippen LogP contribution in [0.2, 0.25) is 0 Å². The minimum atomic E-state index is -4.54. The van der Waals surface area contributed by atoms with Gasteiger partial charge in [-0.15, -0.1) is 0 Å². The zero-order valence-electron chi connectivity index (χ0n) is 25.8. The predicted molar refractivity (Wildman–Crippen MR) is 163 cm³/mol. The molecular formula is C33H38F3N5O4. The largest absolute Gasteiger partial charge is 0.444 e. The molecule has 3 aromatic rings. The van der Waals surface area contributed by atoms with E-state index in [-0.39, 0.29) is 23.6 Å². The van der Waals surface area contributed by atoms with Gasteiger partial charge in [0.1, 0.15) is 17.1 Å². The van der Waals surface area contributed by atoms with Gasteiger partial charge in [-0.1, -0.05) is 30.3 Å². The third-order valence-corrected chi connectivity index (χ3v) is 8.13. The summed E-state index contributed by atoms with van der Waals surface area (Å²) in [6, 6.07) is 9.89. The Morgan fingerprint density at radius 2 is 1.84 bits per heavy atom. The van der Waals surface area contributed by atoms with Gasteiger partial charge >= 0.3 is 12.3 Å². The lowest BCUT2D eigenvalue weighted by Crippen LogP contribution is -2.32. The number of nitrogens with zero attached hydrogens (tertiary/aromatic N) is 3. The summed E-state index contributed by atoms with van der Waals surface area (Å²) in [6.07, 6.45) is -0.0766. The smallest absolute Gasteiger partial charge is 0.416 e. The number of hydrogen-bond donors (Lipinski definition) is 2. The van der Waals surface area contributed by atoms with Crippen LogP contribution in [0.15, 0.2) is 54.9 Å². The lowest BCUT2D eigenvalue weighted by molar-refractivity contribution is -0.137. The topological polar surface area (TPSA) is 106 Å². The summed E-state index contributed by atoms with van der Waals surface area (Å²) in [4.78, 5) is 36.3. The zero-order valence-corrected chi connectivity index (χ0v) is 25.8. The Morgan fingerprint density at radius 3 is 2.51 bits per heavy atom. The molecule has 9 nitrogen and oxygen atoms in total. The van der Waals surface area contributed by atoms with Crippen molar-refractivity contribution in [1.82, 2.24) is 20.6 Å². The van der Waals surface area contributed by atoms with Crippen molar-refractivity contribution < 1.29 is 32.2 Å². The van der Waals surface area contributed by atoms with E-state index in [2.05, 4.69) is 25.5 Å². The fourth-order valence-corrected chi connectivity index (χ4v) is 5.68. The maximum Gasteiger partial charge on any atom is 0.416 e. The molecule has 2 N–H and O–H groups in total. The van der Waals surface area contributed by atoms with Gasteiger partial charge < -0.3 is 25.0 Å². The van der Waals surface area contributed by atoms with Crippen molar-refractivity contribution in [3.8, 4) is 11.1 Å². The summed E-state index contributed by atoms with van der Waals surface area (Å²) in [5.41, 5.74) is 0.919. The van der Waals surface area contributed by atoms with Gasteiger partial charge in [0.05, 0.1) is 30.6 Å². The first-order valence-electron chi connectivity index (χ1n) is 14.9. The van der Waals surface area contributed by atoms with Gasteiger partial charge in [-0.25, -0.2) is 9.78 Å². The molecule has 1 unspecified atom stereocenters. The summed E-state index contributed by atoms with van der Waals surface area (Å²) in [7, 11) is 0. The van der Waals surface area contributed by atoms with Gasteiger partial charge in [0.15, 0.2) is 0 Å². The van der Waals surface area contributed by atoms with Crippen molar-refractivity contribution >= 4 is 17.8 Å². The number of amides is 2. The molecule has 12 heteroatoms. The quantitative estimate of drug-likeness (QED) is 0.318. The van der Waals surface area contributed by atoms with E-state index in [1.807, 2.05) is 6.92 Å². The van der Waals surface area contributed by atoms with Crippen LogP contribution in [0.1, 0.15) is 73.8 Å². The molecule has 0 bridgehead atoms. The van der Waals surface area contributed by atoms with Crippen LogP contribution in [0.25, 0.3) is 11.1 Å². The van der Waals surface area contributed by atoms with Gasteiger partial charge in [0.2, 0.25) is 0 Å². The van der Waals surface area contributed by atoms with E-state index in [4.69, 9.17) is 9.47 Å². The van der Waals surface area contributed by atoms with Crippen LogP contribution in [0.5, 0.6) is 0 Å². The number of carbonyl (C=O) groups is 2.